The van der Waals surface area contributed by atoms with Crippen LogP contribution in [0.4, 0.5) is 18.4 Å². The number of ether oxygens (including phenoxy) is 2. The Hall–Kier alpha value is -3.76. The van der Waals surface area contributed by atoms with Crippen molar-refractivity contribution < 1.29 is 42.5 Å². The van der Waals surface area contributed by atoms with Gasteiger partial charge in [-0.05, 0) is 12.5 Å². The van der Waals surface area contributed by atoms with Crippen LogP contribution in [0.5, 0.6) is 11.8 Å². The third-order valence-corrected chi connectivity index (χ3v) is 3.99. The minimum atomic E-state index is -3.01. The molecule has 2 N–H and O–H groups in total. The smallest absolute Gasteiger partial charge is 0.449 e. The normalized spacial score (nSPS) is 11.2. The van der Waals surface area contributed by atoms with Crippen molar-refractivity contribution in [2.45, 2.75) is 26.2 Å². The molecule has 0 fully saturated rings. The first kappa shape index (κ1) is 20.0. The molecule has 2 aromatic heterocycles. The summed E-state index contributed by atoms with van der Waals surface area (Å²) in [7, 11) is 0. The largest absolute Gasteiger partial charge is 0.513 e. The molecule has 3 rings (SSSR count). The molecule has 11 heteroatoms. The van der Waals surface area contributed by atoms with E-state index < -0.39 is 41.6 Å². The van der Waals surface area contributed by atoms with Crippen LogP contribution < -0.4 is 14.9 Å². The highest BCUT2D eigenvalue weighted by atomic mass is 19.3. The summed E-state index contributed by atoms with van der Waals surface area (Å²) in [5, 5.41) is 17.4. The van der Waals surface area contributed by atoms with Crippen molar-refractivity contribution in [1.29, 1.82) is 0 Å². The van der Waals surface area contributed by atoms with Gasteiger partial charge in [-0.2, -0.15) is 0 Å². The summed E-state index contributed by atoms with van der Waals surface area (Å²) in [5.74, 6) is -1.17. The van der Waals surface area contributed by atoms with Gasteiger partial charge in [0, 0.05) is 22.6 Å². The molecule has 0 spiro atoms. The van der Waals surface area contributed by atoms with E-state index in [-0.39, 0.29) is 33.9 Å². The summed E-state index contributed by atoms with van der Waals surface area (Å²) < 4.78 is 41.5. The molecule has 0 saturated carbocycles. The standard InChI is InChI=1S/C18H13F2NO8/c1-2-3-7-14-8(9(16(19)20)5-12(21-14)27-17(23)24)4-10-11(22)6-13(28-15(7)10)29-18(25)26/h4-6,16H,2-3H2,1H3,(H,23,24)(H,25,26). The van der Waals surface area contributed by atoms with Crippen LogP contribution in [0.25, 0.3) is 21.9 Å². The summed E-state index contributed by atoms with van der Waals surface area (Å²) in [6, 6.07) is 2.71. The molecular formula is C18H13F2NO8. The number of aryl methyl sites for hydroxylation is 1. The van der Waals surface area contributed by atoms with Gasteiger partial charge in [0.15, 0.2) is 5.43 Å². The van der Waals surface area contributed by atoms with Crippen LogP contribution in [0.2, 0.25) is 0 Å². The Bertz CT molecular complexity index is 1190. The van der Waals surface area contributed by atoms with Gasteiger partial charge in [-0.25, -0.2) is 23.4 Å². The van der Waals surface area contributed by atoms with Crippen LogP contribution in [0, 0.1) is 0 Å². The highest BCUT2D eigenvalue weighted by Crippen LogP contribution is 2.36. The second-order valence-corrected chi connectivity index (χ2v) is 5.89. The molecule has 0 atom stereocenters. The molecule has 29 heavy (non-hydrogen) atoms. The Morgan fingerprint density at radius 1 is 1.14 bits per heavy atom. The molecule has 0 radical (unpaired) electrons. The number of hydrogen-bond acceptors (Lipinski definition) is 7. The summed E-state index contributed by atoms with van der Waals surface area (Å²) in [5.41, 5.74) is -1.21. The zero-order valence-electron chi connectivity index (χ0n) is 14.8. The van der Waals surface area contributed by atoms with E-state index in [1.54, 1.807) is 6.92 Å². The SMILES string of the molecule is CCCc1c2nc(OC(=O)O)cc(C(F)F)c2cc2c(=O)cc(OC(=O)O)oc12. The van der Waals surface area contributed by atoms with Crippen LogP contribution in [0.15, 0.2) is 27.4 Å². The quantitative estimate of drug-likeness (QED) is 0.465. The number of hydrogen-bond donors (Lipinski definition) is 2. The molecule has 3 aromatic rings. The number of halogens is 2. The maximum Gasteiger partial charge on any atom is 0.513 e. The fraction of sp³-hybridized carbons (Fsp3) is 0.222. The van der Waals surface area contributed by atoms with Crippen LogP contribution in [-0.4, -0.2) is 27.5 Å². The number of alkyl halides is 2. The van der Waals surface area contributed by atoms with Crippen LogP contribution in [0.3, 0.4) is 0 Å². The van der Waals surface area contributed by atoms with E-state index >= 15 is 0 Å². The van der Waals surface area contributed by atoms with E-state index in [4.69, 9.17) is 14.6 Å². The molecule has 0 aliphatic rings. The van der Waals surface area contributed by atoms with Gasteiger partial charge in [0.05, 0.1) is 17.0 Å². The van der Waals surface area contributed by atoms with Gasteiger partial charge in [-0.15, -0.1) is 0 Å². The van der Waals surface area contributed by atoms with Crippen LogP contribution in [-0.2, 0) is 6.42 Å². The van der Waals surface area contributed by atoms with E-state index in [0.717, 1.165) is 18.2 Å². The van der Waals surface area contributed by atoms with E-state index in [0.29, 0.717) is 6.42 Å². The Labute approximate surface area is 160 Å². The van der Waals surface area contributed by atoms with Gasteiger partial charge in [-0.1, -0.05) is 13.3 Å². The highest BCUT2D eigenvalue weighted by molar-refractivity contribution is 5.99. The lowest BCUT2D eigenvalue weighted by Gasteiger charge is -2.13. The Morgan fingerprint density at radius 3 is 2.41 bits per heavy atom. The van der Waals surface area contributed by atoms with Crippen LogP contribution in [0.1, 0.15) is 30.9 Å². The lowest BCUT2D eigenvalue weighted by atomic mass is 9.98. The minimum Gasteiger partial charge on any atom is -0.449 e. The first-order valence-corrected chi connectivity index (χ1v) is 8.25. The first-order chi connectivity index (χ1) is 13.7. The number of aromatic nitrogens is 1. The van der Waals surface area contributed by atoms with Crippen LogP contribution >= 0.6 is 0 Å². The summed E-state index contributed by atoms with van der Waals surface area (Å²) in [4.78, 5) is 38.0. The van der Waals surface area contributed by atoms with Gasteiger partial charge >= 0.3 is 12.3 Å². The summed E-state index contributed by atoms with van der Waals surface area (Å²) in [6.45, 7) is 1.77. The van der Waals surface area contributed by atoms with E-state index in [1.807, 2.05) is 0 Å². The minimum absolute atomic E-state index is 0.0518. The second kappa shape index (κ2) is 7.70. The second-order valence-electron chi connectivity index (χ2n) is 5.89. The highest BCUT2D eigenvalue weighted by Gasteiger charge is 2.22. The summed E-state index contributed by atoms with van der Waals surface area (Å²) in [6.07, 6.45) is -5.76. The fourth-order valence-electron chi connectivity index (χ4n) is 2.97. The molecule has 152 valence electrons. The molecule has 0 bridgehead atoms. The van der Waals surface area contributed by atoms with Gasteiger partial charge in [0.1, 0.15) is 5.58 Å². The van der Waals surface area contributed by atoms with E-state index in [9.17, 15) is 23.2 Å². The Kier molecular flexibility index (Phi) is 5.31. The average Bonchev–Trinajstić information content (AvgIpc) is 2.61. The fourth-order valence-corrected chi connectivity index (χ4v) is 2.97. The maximum atomic E-state index is 13.6. The lowest BCUT2D eigenvalue weighted by Crippen LogP contribution is -2.09. The van der Waals surface area contributed by atoms with Gasteiger partial charge in [0.2, 0.25) is 5.88 Å². The summed E-state index contributed by atoms with van der Waals surface area (Å²) >= 11 is 0. The molecular weight excluding hydrogens is 396 g/mol. The molecule has 0 aliphatic carbocycles. The zero-order valence-corrected chi connectivity index (χ0v) is 14.8. The van der Waals surface area contributed by atoms with Crippen molar-refractivity contribution >= 4 is 34.2 Å². The third kappa shape index (κ3) is 3.93. The van der Waals surface area contributed by atoms with Crippen molar-refractivity contribution in [2.24, 2.45) is 0 Å². The zero-order chi connectivity index (χ0) is 21.3. The molecule has 0 saturated heterocycles. The van der Waals surface area contributed by atoms with E-state index in [2.05, 4.69) is 14.5 Å². The molecule has 9 nitrogen and oxygen atoms in total. The predicted octanol–water partition coefficient (Wildman–Crippen LogP) is 4.34. The van der Waals surface area contributed by atoms with Crippen molar-refractivity contribution in [1.82, 2.24) is 4.98 Å². The van der Waals surface area contributed by atoms with Crippen molar-refractivity contribution in [2.75, 3.05) is 0 Å². The lowest BCUT2D eigenvalue weighted by molar-refractivity contribution is 0.133. The monoisotopic (exact) mass is 409 g/mol. The molecule has 1 aromatic carbocycles. The Balaban J connectivity index is 2.45. The van der Waals surface area contributed by atoms with Crippen molar-refractivity contribution in [3.63, 3.8) is 0 Å². The Morgan fingerprint density at radius 2 is 1.83 bits per heavy atom. The molecule has 2 heterocycles. The number of nitrogens with zero attached hydrogens (tertiary/aromatic N) is 1. The maximum absolute atomic E-state index is 13.6. The topological polar surface area (TPSA) is 136 Å². The molecule has 0 unspecified atom stereocenters. The van der Waals surface area contributed by atoms with Gasteiger partial charge in [0.25, 0.3) is 12.4 Å². The van der Waals surface area contributed by atoms with Gasteiger partial charge in [-0.3, -0.25) is 4.79 Å². The number of carbonyl (C=O) groups is 2. The number of carboxylic acid groups (broad SMARTS) is 2. The number of pyridine rings is 1. The molecule has 0 aliphatic heterocycles. The van der Waals surface area contributed by atoms with E-state index in [1.165, 1.54) is 0 Å². The molecule has 0 amide bonds. The number of fused-ring (bicyclic) bond motifs is 2. The number of rotatable bonds is 5. The third-order valence-electron chi connectivity index (χ3n) is 3.99. The van der Waals surface area contributed by atoms with Crippen molar-refractivity contribution in [3.8, 4) is 11.8 Å². The first-order valence-electron chi connectivity index (χ1n) is 8.25. The van der Waals surface area contributed by atoms with Gasteiger partial charge < -0.3 is 24.1 Å². The van der Waals surface area contributed by atoms with Crippen molar-refractivity contribution in [3.05, 3.63) is 39.5 Å². The average molecular weight is 409 g/mol. The predicted molar refractivity (Wildman–Crippen MR) is 94.0 cm³/mol. The number of benzene rings is 1.